The molecule has 0 saturated heterocycles. The summed E-state index contributed by atoms with van der Waals surface area (Å²) in [7, 11) is 0. The van der Waals surface area contributed by atoms with E-state index in [-0.39, 0.29) is 11.3 Å². The lowest BCUT2D eigenvalue weighted by Crippen LogP contribution is -2.09. The SMILES string of the molecule is C=C/C(=C\C=C/C)OC(=O)c1ccccc1OC(C)=O. The van der Waals surface area contributed by atoms with Gasteiger partial charge in [-0.2, -0.15) is 0 Å². The largest absolute Gasteiger partial charge is 0.426 e. The Hall–Kier alpha value is -2.62. The Bertz CT molecular complexity index is 568. The molecule has 0 atom stereocenters. The standard InChI is InChI=1S/C16H16O4/c1-4-6-9-13(5-2)20-16(18)14-10-7-8-11-15(14)19-12(3)17/h4-11H,2H2,1,3H3/b6-4-,13-9+. The van der Waals surface area contributed by atoms with Gasteiger partial charge in [-0.05, 0) is 31.2 Å². The molecule has 1 aromatic rings. The van der Waals surface area contributed by atoms with Crippen LogP contribution in [0, 0.1) is 0 Å². The Morgan fingerprint density at radius 1 is 1.25 bits per heavy atom. The molecule has 0 amide bonds. The van der Waals surface area contributed by atoms with Crippen LogP contribution in [0.25, 0.3) is 0 Å². The number of allylic oxidation sites excluding steroid dienone is 4. The number of esters is 2. The molecule has 0 unspecified atom stereocenters. The van der Waals surface area contributed by atoms with Crippen molar-refractivity contribution in [1.82, 2.24) is 0 Å². The van der Waals surface area contributed by atoms with Crippen LogP contribution in [-0.4, -0.2) is 11.9 Å². The average Bonchev–Trinajstić information content (AvgIpc) is 2.43. The lowest BCUT2D eigenvalue weighted by atomic mass is 10.2. The Balaban J connectivity index is 2.97. The van der Waals surface area contributed by atoms with Crippen LogP contribution in [-0.2, 0) is 9.53 Å². The number of hydrogen-bond acceptors (Lipinski definition) is 4. The van der Waals surface area contributed by atoms with Gasteiger partial charge >= 0.3 is 11.9 Å². The first-order valence-corrected chi connectivity index (χ1v) is 6.03. The minimum absolute atomic E-state index is 0.166. The zero-order chi connectivity index (χ0) is 15.0. The first kappa shape index (κ1) is 15.4. The van der Waals surface area contributed by atoms with Crippen molar-refractivity contribution in [2.75, 3.05) is 0 Å². The second kappa shape index (κ2) is 7.74. The predicted octanol–water partition coefficient (Wildman–Crippen LogP) is 3.41. The van der Waals surface area contributed by atoms with Crippen LogP contribution in [0.15, 0.2) is 60.9 Å². The summed E-state index contributed by atoms with van der Waals surface area (Å²) in [6.07, 6.45) is 6.55. The van der Waals surface area contributed by atoms with Crippen LogP contribution in [0.3, 0.4) is 0 Å². The van der Waals surface area contributed by atoms with Crippen molar-refractivity contribution in [3.05, 3.63) is 66.5 Å². The summed E-state index contributed by atoms with van der Waals surface area (Å²) in [4.78, 5) is 23.0. The molecule has 4 nitrogen and oxygen atoms in total. The molecule has 0 aliphatic heterocycles. The van der Waals surface area contributed by atoms with Crippen LogP contribution in [0.5, 0.6) is 5.75 Å². The minimum atomic E-state index is -0.613. The Kier molecular flexibility index (Phi) is 5.97. The molecule has 0 radical (unpaired) electrons. The van der Waals surface area contributed by atoms with Gasteiger partial charge in [0.25, 0.3) is 0 Å². The first-order chi connectivity index (χ1) is 9.58. The second-order valence-electron chi connectivity index (χ2n) is 3.78. The van der Waals surface area contributed by atoms with E-state index in [1.165, 1.54) is 25.1 Å². The van der Waals surface area contributed by atoms with Crippen molar-refractivity contribution in [2.45, 2.75) is 13.8 Å². The highest BCUT2D eigenvalue weighted by atomic mass is 16.5. The molecule has 104 valence electrons. The topological polar surface area (TPSA) is 52.6 Å². The zero-order valence-electron chi connectivity index (χ0n) is 11.5. The number of rotatable bonds is 5. The molecule has 0 heterocycles. The van der Waals surface area contributed by atoms with Gasteiger partial charge in [-0.1, -0.05) is 30.9 Å². The lowest BCUT2D eigenvalue weighted by Gasteiger charge is -2.08. The second-order valence-corrected chi connectivity index (χ2v) is 3.78. The van der Waals surface area contributed by atoms with E-state index < -0.39 is 11.9 Å². The number of hydrogen-bond donors (Lipinski definition) is 0. The summed E-state index contributed by atoms with van der Waals surface area (Å²) in [6, 6.07) is 6.38. The number of carbonyl (C=O) groups excluding carboxylic acids is 2. The van der Waals surface area contributed by atoms with E-state index in [1.807, 2.05) is 6.92 Å². The third kappa shape index (κ3) is 4.57. The molecule has 0 bridgehead atoms. The molecule has 20 heavy (non-hydrogen) atoms. The van der Waals surface area contributed by atoms with Crippen LogP contribution < -0.4 is 4.74 Å². The van der Waals surface area contributed by atoms with Crippen molar-refractivity contribution in [1.29, 1.82) is 0 Å². The molecule has 0 saturated carbocycles. The van der Waals surface area contributed by atoms with E-state index in [9.17, 15) is 9.59 Å². The number of carbonyl (C=O) groups is 2. The van der Waals surface area contributed by atoms with Crippen molar-refractivity contribution < 1.29 is 19.1 Å². The van der Waals surface area contributed by atoms with Crippen molar-refractivity contribution >= 4 is 11.9 Å². The fourth-order valence-corrected chi connectivity index (χ4v) is 1.38. The van der Waals surface area contributed by atoms with Gasteiger partial charge < -0.3 is 9.47 Å². The molecule has 0 aliphatic rings. The van der Waals surface area contributed by atoms with Gasteiger partial charge in [0.2, 0.25) is 0 Å². The van der Waals surface area contributed by atoms with E-state index in [0.717, 1.165) is 0 Å². The molecule has 1 rings (SSSR count). The Morgan fingerprint density at radius 2 is 1.95 bits per heavy atom. The van der Waals surface area contributed by atoms with E-state index in [4.69, 9.17) is 9.47 Å². The average molecular weight is 272 g/mol. The Labute approximate surface area is 118 Å². The van der Waals surface area contributed by atoms with Gasteiger partial charge in [-0.3, -0.25) is 4.79 Å². The fourth-order valence-electron chi connectivity index (χ4n) is 1.38. The van der Waals surface area contributed by atoms with Crippen molar-refractivity contribution in [3.63, 3.8) is 0 Å². The number of para-hydroxylation sites is 1. The maximum atomic E-state index is 12.1. The van der Waals surface area contributed by atoms with Gasteiger partial charge in [0.1, 0.15) is 17.1 Å². The summed E-state index contributed by atoms with van der Waals surface area (Å²) in [5.41, 5.74) is 0.177. The molecule has 0 aromatic heterocycles. The highest BCUT2D eigenvalue weighted by molar-refractivity contribution is 5.94. The lowest BCUT2D eigenvalue weighted by molar-refractivity contribution is -0.131. The smallest absolute Gasteiger partial charge is 0.347 e. The molecule has 0 aliphatic carbocycles. The number of ether oxygens (including phenoxy) is 2. The molecule has 0 fully saturated rings. The monoisotopic (exact) mass is 272 g/mol. The Morgan fingerprint density at radius 3 is 2.55 bits per heavy atom. The molecule has 0 spiro atoms. The van der Waals surface area contributed by atoms with Gasteiger partial charge in [-0.25, -0.2) is 4.79 Å². The van der Waals surface area contributed by atoms with Gasteiger partial charge in [0.15, 0.2) is 0 Å². The van der Waals surface area contributed by atoms with Crippen LogP contribution in [0.4, 0.5) is 0 Å². The van der Waals surface area contributed by atoms with Gasteiger partial charge in [-0.15, -0.1) is 0 Å². The van der Waals surface area contributed by atoms with E-state index in [1.54, 1.807) is 30.4 Å². The first-order valence-electron chi connectivity index (χ1n) is 6.03. The summed E-state index contributed by atoms with van der Waals surface area (Å²) in [6.45, 7) is 6.68. The third-order valence-corrected chi connectivity index (χ3v) is 2.23. The minimum Gasteiger partial charge on any atom is -0.426 e. The number of benzene rings is 1. The maximum Gasteiger partial charge on any atom is 0.347 e. The van der Waals surface area contributed by atoms with Crippen LogP contribution in [0.1, 0.15) is 24.2 Å². The van der Waals surface area contributed by atoms with E-state index >= 15 is 0 Å². The van der Waals surface area contributed by atoms with Crippen molar-refractivity contribution in [3.8, 4) is 5.75 Å². The molecule has 4 heteroatoms. The summed E-state index contributed by atoms with van der Waals surface area (Å²) >= 11 is 0. The summed E-state index contributed by atoms with van der Waals surface area (Å²) in [5, 5.41) is 0. The molecule has 0 N–H and O–H groups in total. The highest BCUT2D eigenvalue weighted by Gasteiger charge is 2.15. The normalized spacial score (nSPS) is 11.2. The summed E-state index contributed by atoms with van der Waals surface area (Å²) in [5.74, 6) is -0.638. The predicted molar refractivity (Wildman–Crippen MR) is 76.3 cm³/mol. The van der Waals surface area contributed by atoms with Crippen LogP contribution in [0.2, 0.25) is 0 Å². The maximum absolute atomic E-state index is 12.1. The zero-order valence-corrected chi connectivity index (χ0v) is 11.5. The van der Waals surface area contributed by atoms with Crippen LogP contribution >= 0.6 is 0 Å². The molecule has 1 aromatic carbocycles. The van der Waals surface area contributed by atoms with Crippen molar-refractivity contribution in [2.24, 2.45) is 0 Å². The van der Waals surface area contributed by atoms with E-state index in [0.29, 0.717) is 5.76 Å². The van der Waals surface area contributed by atoms with Gasteiger partial charge in [0.05, 0.1) is 0 Å². The molecular weight excluding hydrogens is 256 g/mol. The van der Waals surface area contributed by atoms with E-state index in [2.05, 4.69) is 6.58 Å². The molecular formula is C16H16O4. The highest BCUT2D eigenvalue weighted by Crippen LogP contribution is 2.20. The fraction of sp³-hybridized carbons (Fsp3) is 0.125. The third-order valence-electron chi connectivity index (χ3n) is 2.23. The summed E-state index contributed by atoms with van der Waals surface area (Å²) < 4.78 is 10.1. The quantitative estimate of drug-likeness (QED) is 0.357. The van der Waals surface area contributed by atoms with Gasteiger partial charge in [0, 0.05) is 6.92 Å².